The van der Waals surface area contributed by atoms with E-state index in [9.17, 15) is 0 Å². The molecular weight excluding hydrogens is 554 g/mol. The van der Waals surface area contributed by atoms with E-state index < -0.39 is 0 Å². The number of benzene rings is 7. The Balaban J connectivity index is 1.28. The second kappa shape index (κ2) is 8.24. The van der Waals surface area contributed by atoms with Crippen LogP contribution in [0.4, 0.5) is 0 Å². The van der Waals surface area contributed by atoms with E-state index in [0.717, 1.165) is 98.6 Å². The predicted molar refractivity (Wildman–Crippen MR) is 183 cm³/mol. The van der Waals surface area contributed by atoms with Crippen molar-refractivity contribution in [1.82, 2.24) is 14.5 Å². The van der Waals surface area contributed by atoms with Crippen LogP contribution in [0.15, 0.2) is 136 Å². The SMILES string of the molecule is c1ccc2c(-c3ccc4c(c3)oc3ccccc34)nc(-n3c4ccc5cccc6oc7cccc8ccc3c(c87)c4c56)nc2c1. The van der Waals surface area contributed by atoms with Gasteiger partial charge in [-0.3, -0.25) is 4.57 Å². The topological polar surface area (TPSA) is 57.0 Å². The molecule has 0 saturated carbocycles. The summed E-state index contributed by atoms with van der Waals surface area (Å²) in [5.41, 5.74) is 8.28. The largest absolute Gasteiger partial charge is 0.456 e. The molecule has 0 radical (unpaired) electrons. The molecule has 0 atom stereocenters. The van der Waals surface area contributed by atoms with E-state index in [1.165, 1.54) is 0 Å². The first-order valence-electron chi connectivity index (χ1n) is 15.1. The van der Waals surface area contributed by atoms with Crippen LogP contribution in [0.1, 0.15) is 0 Å². The number of rotatable bonds is 2. The van der Waals surface area contributed by atoms with E-state index >= 15 is 0 Å². The molecule has 5 heteroatoms. The Hall–Kier alpha value is -6.20. The maximum Gasteiger partial charge on any atom is 0.235 e. The number of fused-ring (bicyclic) bond motifs is 4. The normalized spacial score (nSPS) is 12.4. The number of nitrogens with zero attached hydrogens (tertiary/aromatic N) is 3. The maximum absolute atomic E-state index is 6.60. The quantitative estimate of drug-likeness (QED) is 0.206. The summed E-state index contributed by atoms with van der Waals surface area (Å²) in [6.45, 7) is 0. The van der Waals surface area contributed by atoms with Crippen LogP contribution in [0.3, 0.4) is 0 Å². The minimum Gasteiger partial charge on any atom is -0.456 e. The number of hydrogen-bond donors (Lipinski definition) is 0. The standard InChI is InChI=1S/C40H21N3O2/c1-3-11-28-27(10-1)39(24-15-18-26-25-9-2-4-12-31(25)44-34(26)21-24)42-40(41-28)43-29-19-16-22-7-5-13-32-35(22)37(29)38-30(43)20-17-23-8-6-14-33(45-32)36(23)38/h1-21H. The molecule has 0 aliphatic carbocycles. The van der Waals surface area contributed by atoms with Gasteiger partial charge in [0.05, 0.1) is 22.2 Å². The highest BCUT2D eigenvalue weighted by atomic mass is 16.3. The molecule has 0 bridgehead atoms. The van der Waals surface area contributed by atoms with E-state index in [2.05, 4.69) is 102 Å². The van der Waals surface area contributed by atoms with Gasteiger partial charge in [-0.05, 0) is 59.3 Å². The van der Waals surface area contributed by atoms with E-state index in [1.54, 1.807) is 0 Å². The van der Waals surface area contributed by atoms with E-state index in [4.69, 9.17) is 18.8 Å². The second-order valence-electron chi connectivity index (χ2n) is 11.8. The summed E-state index contributed by atoms with van der Waals surface area (Å²) in [5, 5.41) is 10.0. The summed E-state index contributed by atoms with van der Waals surface area (Å²) in [4.78, 5) is 10.5. The van der Waals surface area contributed by atoms with Crippen molar-refractivity contribution in [2.45, 2.75) is 0 Å². The van der Waals surface area contributed by atoms with Gasteiger partial charge in [-0.25, -0.2) is 9.97 Å². The van der Waals surface area contributed by atoms with Gasteiger partial charge in [-0.15, -0.1) is 0 Å². The second-order valence-corrected chi connectivity index (χ2v) is 11.8. The lowest BCUT2D eigenvalue weighted by Crippen LogP contribution is -2.03. The minimum absolute atomic E-state index is 0.628. The van der Waals surface area contributed by atoms with Gasteiger partial charge < -0.3 is 8.83 Å². The Morgan fingerprint density at radius 2 is 1.07 bits per heavy atom. The van der Waals surface area contributed by atoms with Gasteiger partial charge in [-0.2, -0.15) is 0 Å². The average Bonchev–Trinajstić information content (AvgIpc) is 3.58. The maximum atomic E-state index is 6.60. The molecule has 11 rings (SSSR count). The zero-order valence-electron chi connectivity index (χ0n) is 23.8. The van der Waals surface area contributed by atoms with Crippen molar-refractivity contribution >= 4 is 87.4 Å². The Bertz CT molecular complexity index is 2890. The lowest BCUT2D eigenvalue weighted by molar-refractivity contribution is 0.664. The molecule has 208 valence electrons. The molecule has 4 aromatic heterocycles. The van der Waals surface area contributed by atoms with Crippen molar-refractivity contribution in [3.05, 3.63) is 127 Å². The van der Waals surface area contributed by atoms with Crippen LogP contribution in [-0.4, -0.2) is 14.5 Å². The highest BCUT2D eigenvalue weighted by Gasteiger charge is 2.23. The van der Waals surface area contributed by atoms with Crippen molar-refractivity contribution in [3.63, 3.8) is 0 Å². The summed E-state index contributed by atoms with van der Waals surface area (Å²) < 4.78 is 15.1. The molecule has 5 nitrogen and oxygen atoms in total. The highest BCUT2D eigenvalue weighted by Crippen LogP contribution is 2.44. The number of para-hydroxylation sites is 2. The molecule has 0 unspecified atom stereocenters. The van der Waals surface area contributed by atoms with Crippen LogP contribution in [0, 0.1) is 0 Å². The zero-order valence-corrected chi connectivity index (χ0v) is 23.8. The first-order chi connectivity index (χ1) is 22.3. The lowest BCUT2D eigenvalue weighted by atomic mass is 10.00. The predicted octanol–water partition coefficient (Wildman–Crippen LogP) is 10.8. The first-order valence-corrected chi connectivity index (χ1v) is 15.1. The molecule has 0 aliphatic heterocycles. The number of furan rings is 1. The van der Waals surface area contributed by atoms with Crippen molar-refractivity contribution < 1.29 is 8.83 Å². The first kappa shape index (κ1) is 23.3. The molecule has 7 aromatic carbocycles. The Morgan fingerprint density at radius 3 is 1.82 bits per heavy atom. The zero-order chi connectivity index (χ0) is 29.2. The molecular formula is C40H21N3O2. The van der Waals surface area contributed by atoms with E-state index in [1.807, 2.05) is 30.3 Å². The molecule has 4 heterocycles. The Kier molecular flexibility index (Phi) is 4.26. The molecule has 0 spiro atoms. The molecule has 11 aromatic rings. The van der Waals surface area contributed by atoms with Gasteiger partial charge in [0.2, 0.25) is 5.95 Å². The summed E-state index contributed by atoms with van der Waals surface area (Å²) >= 11 is 0. The molecule has 0 fully saturated rings. The van der Waals surface area contributed by atoms with Gasteiger partial charge in [-0.1, -0.05) is 78.9 Å². The fourth-order valence-electron chi connectivity index (χ4n) is 7.44. The van der Waals surface area contributed by atoms with Crippen LogP contribution < -0.4 is 0 Å². The van der Waals surface area contributed by atoms with Crippen LogP contribution >= 0.6 is 0 Å². The van der Waals surface area contributed by atoms with Crippen LogP contribution in [0.25, 0.3) is 105 Å². The van der Waals surface area contributed by atoms with Crippen molar-refractivity contribution in [1.29, 1.82) is 0 Å². The van der Waals surface area contributed by atoms with Crippen molar-refractivity contribution in [2.24, 2.45) is 0 Å². The van der Waals surface area contributed by atoms with Gasteiger partial charge in [0, 0.05) is 43.3 Å². The third kappa shape index (κ3) is 3.01. The molecule has 45 heavy (non-hydrogen) atoms. The molecule has 0 amide bonds. The third-order valence-corrected chi connectivity index (χ3v) is 9.37. The highest BCUT2D eigenvalue weighted by molar-refractivity contribution is 6.33. The molecule has 0 N–H and O–H groups in total. The monoisotopic (exact) mass is 575 g/mol. The van der Waals surface area contributed by atoms with Gasteiger partial charge in [0.25, 0.3) is 0 Å². The summed E-state index contributed by atoms with van der Waals surface area (Å²) in [6, 6.07) is 44.1. The molecule has 0 saturated heterocycles. The Labute approximate surface area is 254 Å². The smallest absolute Gasteiger partial charge is 0.235 e. The van der Waals surface area contributed by atoms with Crippen molar-refractivity contribution in [3.8, 4) is 17.2 Å². The third-order valence-electron chi connectivity index (χ3n) is 9.37. The van der Waals surface area contributed by atoms with E-state index in [0.29, 0.717) is 5.95 Å². The van der Waals surface area contributed by atoms with E-state index in [-0.39, 0.29) is 0 Å². The number of hydrogen-bond acceptors (Lipinski definition) is 4. The summed E-state index contributed by atoms with van der Waals surface area (Å²) in [5.74, 6) is 0.628. The van der Waals surface area contributed by atoms with Gasteiger partial charge in [0.1, 0.15) is 22.3 Å². The molecule has 0 aliphatic rings. The lowest BCUT2D eigenvalue weighted by Gasteiger charge is -2.12. The fourth-order valence-corrected chi connectivity index (χ4v) is 7.44. The Morgan fingerprint density at radius 1 is 0.444 bits per heavy atom. The van der Waals surface area contributed by atoms with Crippen LogP contribution in [-0.2, 0) is 0 Å². The van der Waals surface area contributed by atoms with Crippen molar-refractivity contribution in [2.75, 3.05) is 0 Å². The average molecular weight is 576 g/mol. The summed E-state index contributed by atoms with van der Waals surface area (Å²) in [6.07, 6.45) is 0. The number of aromatic nitrogens is 3. The van der Waals surface area contributed by atoms with Crippen LogP contribution in [0.2, 0.25) is 0 Å². The van der Waals surface area contributed by atoms with Gasteiger partial charge >= 0.3 is 0 Å². The van der Waals surface area contributed by atoms with Crippen LogP contribution in [0.5, 0.6) is 0 Å². The summed E-state index contributed by atoms with van der Waals surface area (Å²) in [7, 11) is 0. The van der Waals surface area contributed by atoms with Gasteiger partial charge in [0.15, 0.2) is 0 Å². The minimum atomic E-state index is 0.628. The fraction of sp³-hybridized carbons (Fsp3) is 0.